The molecular weight excluding hydrogens is 487 g/mol. The van der Waals surface area contributed by atoms with E-state index in [9.17, 15) is 23.8 Å². The molecule has 0 bridgehead atoms. The van der Waals surface area contributed by atoms with E-state index in [1.165, 1.54) is 10.6 Å². The minimum Gasteiger partial charge on any atom is -0.395 e. The van der Waals surface area contributed by atoms with Crippen LogP contribution in [-0.4, -0.2) is 39.5 Å². The number of ether oxygens (including phenoxy) is 2. The molecule has 1 atom stereocenters. The lowest BCUT2D eigenvalue weighted by Crippen LogP contribution is -2.26. The quantitative estimate of drug-likeness (QED) is 0.413. The van der Waals surface area contributed by atoms with Crippen LogP contribution in [0.5, 0.6) is 11.5 Å². The van der Waals surface area contributed by atoms with E-state index < -0.39 is 72.8 Å². The summed E-state index contributed by atoms with van der Waals surface area (Å²) in [5.74, 6) is -2.92. The summed E-state index contributed by atoms with van der Waals surface area (Å²) in [4.78, 5) is 13.8. The van der Waals surface area contributed by atoms with E-state index in [2.05, 4.69) is 9.47 Å². The first-order valence-corrected chi connectivity index (χ1v) is 11.6. The van der Waals surface area contributed by atoms with Crippen molar-refractivity contribution in [1.29, 1.82) is 0 Å². The Morgan fingerprint density at radius 3 is 2.59 bits per heavy atom. The molecule has 0 saturated heterocycles. The number of hydrogen-bond acceptors (Lipinski definition) is 5. The Morgan fingerprint density at radius 2 is 1.95 bits per heavy atom. The van der Waals surface area contributed by atoms with Gasteiger partial charge in [0.1, 0.15) is 11.6 Å². The van der Waals surface area contributed by atoms with Gasteiger partial charge in [0, 0.05) is 28.4 Å². The fourth-order valence-corrected chi connectivity index (χ4v) is 4.56. The van der Waals surface area contributed by atoms with Gasteiger partial charge in [-0.3, -0.25) is 4.79 Å². The van der Waals surface area contributed by atoms with E-state index in [4.69, 9.17) is 9.60 Å². The fourth-order valence-electron chi connectivity index (χ4n) is 4.56. The highest BCUT2D eigenvalue weighted by atomic mass is 19.3. The first kappa shape index (κ1) is 18.3. The summed E-state index contributed by atoms with van der Waals surface area (Å²) in [7, 11) is 0. The van der Waals surface area contributed by atoms with Gasteiger partial charge in [0.25, 0.3) is 0 Å². The second kappa shape index (κ2) is 8.77. The molecule has 37 heavy (non-hydrogen) atoms. The predicted molar refractivity (Wildman–Crippen MR) is 131 cm³/mol. The molecule has 1 aliphatic heterocycles. The average molecular weight is 525 g/mol. The first-order chi connectivity index (χ1) is 19.9. The van der Waals surface area contributed by atoms with Gasteiger partial charge in [0.05, 0.1) is 34.2 Å². The number of Topliss-reactive ketones (excluding diaryl/α,β-unsaturated/α-hetero) is 1. The molecule has 1 fully saturated rings. The molecule has 2 heterocycles. The number of ketones is 1. The number of nitrogens with zero attached hydrogens (tertiary/aromatic N) is 1. The molecule has 3 aromatic rings. The zero-order valence-electron chi connectivity index (χ0n) is 27.3. The molecule has 5 rings (SSSR count). The second-order valence-electron chi connectivity index (χ2n) is 9.84. The van der Waals surface area contributed by atoms with Crippen LogP contribution in [0.2, 0.25) is 0 Å². The molecule has 0 spiro atoms. The van der Waals surface area contributed by atoms with Crippen molar-refractivity contribution < 1.29 is 47.2 Å². The lowest BCUT2D eigenvalue weighted by atomic mass is 9.86. The van der Waals surface area contributed by atoms with Gasteiger partial charge in [-0.15, -0.1) is 8.78 Å². The van der Waals surface area contributed by atoms with Crippen LogP contribution in [0.1, 0.15) is 66.4 Å². The average Bonchev–Trinajstić information content (AvgIpc) is 3.16. The number of rotatable bonds is 9. The summed E-state index contributed by atoms with van der Waals surface area (Å²) in [5.41, 5.74) is -3.06. The van der Waals surface area contributed by atoms with Crippen molar-refractivity contribution in [3.8, 4) is 11.5 Å². The molecule has 9 heteroatoms. The van der Waals surface area contributed by atoms with Crippen LogP contribution in [-0.2, 0) is 28.6 Å². The molecule has 0 amide bonds. The number of fused-ring (bicyclic) bond motifs is 2. The van der Waals surface area contributed by atoms with E-state index in [-0.39, 0.29) is 22.4 Å². The maximum atomic E-state index is 15.7. The van der Waals surface area contributed by atoms with Crippen LogP contribution < -0.4 is 9.47 Å². The molecular formula is C28H30F3NO5. The van der Waals surface area contributed by atoms with Gasteiger partial charge in [-0.25, -0.2) is 4.39 Å². The summed E-state index contributed by atoms with van der Waals surface area (Å²) >= 11 is 0. The maximum Gasteiger partial charge on any atom is 0.586 e. The molecule has 2 aliphatic rings. The molecule has 0 radical (unpaired) electrons. The third kappa shape index (κ3) is 4.48. The van der Waals surface area contributed by atoms with Crippen LogP contribution in [0.4, 0.5) is 13.2 Å². The van der Waals surface area contributed by atoms with Crippen LogP contribution in [0, 0.1) is 5.82 Å². The molecule has 198 valence electrons. The summed E-state index contributed by atoms with van der Waals surface area (Å²) in [6, 6.07) is 6.91. The minimum atomic E-state index is -4.00. The van der Waals surface area contributed by atoms with Crippen molar-refractivity contribution in [3.63, 3.8) is 0 Å². The van der Waals surface area contributed by atoms with E-state index >= 15 is 4.39 Å². The van der Waals surface area contributed by atoms with Gasteiger partial charge in [-0.1, -0.05) is 26.8 Å². The number of carbonyl (C=O) groups is 1. The second-order valence-corrected chi connectivity index (χ2v) is 9.84. The fraction of sp³-hybridized carbons (Fsp3) is 0.464. The van der Waals surface area contributed by atoms with Gasteiger partial charge in [-0.05, 0) is 60.6 Å². The normalized spacial score (nSPS) is 25.0. The Bertz CT molecular complexity index is 1670. The Kier molecular flexibility index (Phi) is 4.33. The SMILES string of the molecule is [2H]C1([2H])C([2H])([2H])C1(C(=O)Cc1cc2cc(C(C)(C)CC)n(C[C@]([2H])(O)C([2H])([2H])O)c2cc1F)c1ccc2c(c1)OC(F)(F)O2. The molecule has 6 nitrogen and oxygen atoms in total. The highest BCUT2D eigenvalue weighted by Crippen LogP contribution is 2.52. The van der Waals surface area contributed by atoms with Crippen molar-refractivity contribution in [2.24, 2.45) is 0 Å². The largest absolute Gasteiger partial charge is 0.586 e. The summed E-state index contributed by atoms with van der Waals surface area (Å²) in [5, 5.41) is 20.5. The monoisotopic (exact) mass is 524 g/mol. The van der Waals surface area contributed by atoms with Gasteiger partial charge in [-0.2, -0.15) is 0 Å². The van der Waals surface area contributed by atoms with Crippen molar-refractivity contribution in [1.82, 2.24) is 4.57 Å². The lowest BCUT2D eigenvalue weighted by Gasteiger charge is -2.26. The topological polar surface area (TPSA) is 80.9 Å². The van der Waals surface area contributed by atoms with Crippen molar-refractivity contribution in [3.05, 3.63) is 59.0 Å². The number of carbonyl (C=O) groups excluding carboxylic acids is 1. The van der Waals surface area contributed by atoms with Gasteiger partial charge >= 0.3 is 6.29 Å². The Morgan fingerprint density at radius 1 is 1.24 bits per heavy atom. The highest BCUT2D eigenvalue weighted by molar-refractivity contribution is 5.95. The zero-order chi connectivity index (χ0) is 33.1. The number of benzene rings is 2. The number of hydrogen-bond donors (Lipinski definition) is 2. The molecule has 2 aromatic carbocycles. The van der Waals surface area contributed by atoms with Crippen molar-refractivity contribution in [2.75, 3.05) is 6.56 Å². The van der Waals surface area contributed by atoms with Crippen LogP contribution in [0.15, 0.2) is 36.4 Å². The smallest absolute Gasteiger partial charge is 0.395 e. The molecule has 1 aliphatic carbocycles. The van der Waals surface area contributed by atoms with E-state index in [1.807, 2.05) is 20.8 Å². The minimum absolute atomic E-state index is 0.119. The van der Waals surface area contributed by atoms with Gasteiger partial charge < -0.3 is 24.3 Å². The maximum absolute atomic E-state index is 15.7. The standard InChI is InChI=1S/C28H30F3NO5/c1-4-26(2,3)24-10-17-9-16(20(29)13-21(17)32(24)14-19(34)15-33)11-25(35)27(7-8-27)18-5-6-22-23(12-18)37-28(30,31)36-22/h5-6,9-10,12-13,19,33-34H,4,7-8,11,14-15H2,1-3H3/t19-/m0/s1/i7D2,8D2,15D2,19D. The molecule has 1 aromatic heterocycles. The highest BCUT2D eigenvalue weighted by Gasteiger charge is 2.52. The molecule has 2 N–H and O–H groups in total. The zero-order valence-corrected chi connectivity index (χ0v) is 20.3. The predicted octanol–water partition coefficient (Wildman–Crippen LogP) is 4.99. The Hall–Kier alpha value is -3.04. The van der Waals surface area contributed by atoms with E-state index in [1.54, 1.807) is 6.07 Å². The van der Waals surface area contributed by atoms with Crippen molar-refractivity contribution in [2.45, 2.75) is 76.1 Å². The first-order valence-electron chi connectivity index (χ1n) is 15.1. The summed E-state index contributed by atoms with van der Waals surface area (Å²) < 4.78 is 109. The van der Waals surface area contributed by atoms with E-state index in [0.717, 1.165) is 24.3 Å². The summed E-state index contributed by atoms with van der Waals surface area (Å²) in [6.07, 6.45) is -12.9. The number of halogens is 3. The number of aromatic nitrogens is 1. The number of aliphatic hydroxyl groups is 2. The third-order valence-electron chi connectivity index (χ3n) is 7.06. The van der Waals surface area contributed by atoms with Crippen molar-refractivity contribution >= 4 is 16.7 Å². The lowest BCUT2D eigenvalue weighted by molar-refractivity contribution is -0.286. The Labute approximate surface area is 222 Å². The van der Waals surface area contributed by atoms with Crippen LogP contribution >= 0.6 is 0 Å². The van der Waals surface area contributed by atoms with Crippen LogP contribution in [0.25, 0.3) is 10.9 Å². The molecule has 1 saturated carbocycles. The van der Waals surface area contributed by atoms with Crippen LogP contribution in [0.3, 0.4) is 0 Å². The Balaban J connectivity index is 1.58. The summed E-state index contributed by atoms with van der Waals surface area (Å²) in [6.45, 7) is 1.42. The third-order valence-corrected chi connectivity index (χ3v) is 7.06. The van der Waals surface area contributed by atoms with Gasteiger partial charge in [0.15, 0.2) is 11.5 Å². The van der Waals surface area contributed by atoms with E-state index in [0.29, 0.717) is 17.5 Å². The number of alkyl halides is 2. The van der Waals surface area contributed by atoms with Gasteiger partial charge in [0.2, 0.25) is 0 Å². The molecule has 0 unspecified atom stereocenters.